The third-order valence-corrected chi connectivity index (χ3v) is 2.53. The lowest BCUT2D eigenvalue weighted by atomic mass is 10.1. The highest BCUT2D eigenvalue weighted by molar-refractivity contribution is 6.31. The molecule has 1 aromatic rings. The number of ketones is 1. The molecule has 0 heterocycles. The van der Waals surface area contributed by atoms with Gasteiger partial charge in [-0.25, -0.2) is 4.79 Å². The molecule has 0 atom stereocenters. The fourth-order valence-electron chi connectivity index (χ4n) is 1.42. The van der Waals surface area contributed by atoms with E-state index in [1.807, 2.05) is 6.92 Å². The van der Waals surface area contributed by atoms with E-state index in [4.69, 9.17) is 17.3 Å². The van der Waals surface area contributed by atoms with E-state index in [1.165, 1.54) is 6.07 Å². The van der Waals surface area contributed by atoms with Gasteiger partial charge in [0.1, 0.15) is 0 Å². The molecule has 0 saturated heterocycles. The number of carbonyl (C=O) groups excluding carboxylic acids is 2. The van der Waals surface area contributed by atoms with Gasteiger partial charge in [0, 0.05) is 35.8 Å². The van der Waals surface area contributed by atoms with Gasteiger partial charge >= 0.3 is 6.03 Å². The Morgan fingerprint density at radius 1 is 1.33 bits per heavy atom. The Labute approximate surface area is 111 Å². The van der Waals surface area contributed by atoms with Crippen LogP contribution in [0, 0.1) is 0 Å². The number of amides is 2. The molecule has 0 aliphatic heterocycles. The van der Waals surface area contributed by atoms with E-state index in [0.717, 1.165) is 0 Å². The molecule has 0 unspecified atom stereocenters. The lowest BCUT2D eigenvalue weighted by Gasteiger charge is -2.07. The first kappa shape index (κ1) is 14.3. The maximum Gasteiger partial charge on any atom is 0.314 e. The number of benzene rings is 1. The Morgan fingerprint density at radius 3 is 2.72 bits per heavy atom. The number of anilines is 1. The molecule has 0 aromatic heterocycles. The summed E-state index contributed by atoms with van der Waals surface area (Å²) in [6, 6.07) is 4.46. The number of nitrogens with one attached hydrogen (secondary N) is 2. The van der Waals surface area contributed by atoms with Crippen LogP contribution in [0.3, 0.4) is 0 Å². The quantitative estimate of drug-likeness (QED) is 0.563. The van der Waals surface area contributed by atoms with E-state index >= 15 is 0 Å². The van der Waals surface area contributed by atoms with E-state index in [1.54, 1.807) is 12.1 Å². The summed E-state index contributed by atoms with van der Waals surface area (Å²) in [5.74, 6) is -0.146. The Kier molecular flexibility index (Phi) is 5.45. The Morgan fingerprint density at radius 2 is 2.06 bits per heavy atom. The molecule has 2 amide bonds. The van der Waals surface area contributed by atoms with Gasteiger partial charge in [0.05, 0.1) is 0 Å². The van der Waals surface area contributed by atoms with Crippen LogP contribution in [0.4, 0.5) is 10.5 Å². The van der Waals surface area contributed by atoms with Crippen LogP contribution < -0.4 is 16.4 Å². The standard InChI is InChI=1S/C12H16ClN3O2/c1-2-15-12(18)16-6-5-11(17)9-7-8(13)3-4-10(9)14/h3-4,7H,2,5-6,14H2,1H3,(H2,15,16,18). The van der Waals surface area contributed by atoms with Crippen LogP contribution in [0.1, 0.15) is 23.7 Å². The molecule has 0 bridgehead atoms. The third-order valence-electron chi connectivity index (χ3n) is 2.29. The first-order valence-corrected chi connectivity index (χ1v) is 6.02. The number of carbonyl (C=O) groups is 2. The van der Waals surface area contributed by atoms with Crippen molar-refractivity contribution in [2.24, 2.45) is 0 Å². The van der Waals surface area contributed by atoms with Gasteiger partial charge in [-0.2, -0.15) is 0 Å². The Hall–Kier alpha value is -1.75. The van der Waals surface area contributed by atoms with Crippen molar-refractivity contribution in [3.05, 3.63) is 28.8 Å². The summed E-state index contributed by atoms with van der Waals surface area (Å²) < 4.78 is 0. The van der Waals surface area contributed by atoms with E-state index in [-0.39, 0.29) is 24.8 Å². The smallest absolute Gasteiger partial charge is 0.314 e. The topological polar surface area (TPSA) is 84.2 Å². The molecule has 18 heavy (non-hydrogen) atoms. The highest BCUT2D eigenvalue weighted by Crippen LogP contribution is 2.19. The SMILES string of the molecule is CCNC(=O)NCCC(=O)c1cc(Cl)ccc1N. The Bertz CT molecular complexity index is 449. The minimum Gasteiger partial charge on any atom is -0.398 e. The van der Waals surface area contributed by atoms with Crippen molar-refractivity contribution in [1.82, 2.24) is 10.6 Å². The van der Waals surface area contributed by atoms with Crippen LogP contribution in [0.2, 0.25) is 5.02 Å². The van der Waals surface area contributed by atoms with Gasteiger partial charge in [-0.3, -0.25) is 4.79 Å². The number of nitrogen functional groups attached to an aromatic ring is 1. The predicted octanol–water partition coefficient (Wildman–Crippen LogP) is 1.81. The number of rotatable bonds is 5. The molecule has 1 aromatic carbocycles. The lowest BCUT2D eigenvalue weighted by molar-refractivity contribution is 0.0984. The molecule has 0 aliphatic carbocycles. The average Bonchev–Trinajstić information content (AvgIpc) is 2.32. The van der Waals surface area contributed by atoms with Gasteiger partial charge in [-0.1, -0.05) is 11.6 Å². The van der Waals surface area contributed by atoms with Crippen molar-refractivity contribution in [3.8, 4) is 0 Å². The van der Waals surface area contributed by atoms with E-state index < -0.39 is 0 Å². The fourth-order valence-corrected chi connectivity index (χ4v) is 1.59. The largest absolute Gasteiger partial charge is 0.398 e. The second-order valence-corrected chi connectivity index (χ2v) is 4.13. The zero-order chi connectivity index (χ0) is 13.5. The molecular formula is C12H16ClN3O2. The van der Waals surface area contributed by atoms with Crippen LogP contribution >= 0.6 is 11.6 Å². The van der Waals surface area contributed by atoms with Gasteiger partial charge in [-0.15, -0.1) is 0 Å². The maximum absolute atomic E-state index is 11.8. The van der Waals surface area contributed by atoms with Crippen LogP contribution in [0.25, 0.3) is 0 Å². The molecule has 0 aliphatic rings. The van der Waals surface area contributed by atoms with Crippen molar-refractivity contribution < 1.29 is 9.59 Å². The van der Waals surface area contributed by atoms with Crippen molar-refractivity contribution in [1.29, 1.82) is 0 Å². The average molecular weight is 270 g/mol. The zero-order valence-corrected chi connectivity index (χ0v) is 10.9. The summed E-state index contributed by atoms with van der Waals surface area (Å²) >= 11 is 5.80. The molecule has 6 heteroatoms. The third kappa shape index (κ3) is 4.25. The zero-order valence-electron chi connectivity index (χ0n) is 10.1. The molecule has 0 saturated carbocycles. The van der Waals surface area contributed by atoms with Crippen LogP contribution in [0.5, 0.6) is 0 Å². The van der Waals surface area contributed by atoms with Gasteiger partial charge in [0.25, 0.3) is 0 Å². The second kappa shape index (κ2) is 6.86. The number of halogens is 1. The molecule has 0 fully saturated rings. The normalized spacial score (nSPS) is 9.89. The second-order valence-electron chi connectivity index (χ2n) is 3.69. The number of hydrogen-bond donors (Lipinski definition) is 3. The summed E-state index contributed by atoms with van der Waals surface area (Å²) in [5.41, 5.74) is 6.47. The highest BCUT2D eigenvalue weighted by atomic mass is 35.5. The minimum absolute atomic E-state index is 0.146. The number of nitrogens with two attached hydrogens (primary N) is 1. The summed E-state index contributed by atoms with van der Waals surface area (Å²) in [5, 5.41) is 5.61. The molecule has 4 N–H and O–H groups in total. The van der Waals surface area contributed by atoms with Crippen LogP contribution in [0.15, 0.2) is 18.2 Å². The van der Waals surface area contributed by atoms with Gasteiger partial charge in [0.2, 0.25) is 0 Å². The first-order valence-electron chi connectivity index (χ1n) is 5.64. The molecule has 1 rings (SSSR count). The van der Waals surface area contributed by atoms with Gasteiger partial charge in [0.15, 0.2) is 5.78 Å². The molecule has 98 valence electrons. The maximum atomic E-state index is 11.8. The van der Waals surface area contributed by atoms with Gasteiger partial charge < -0.3 is 16.4 Å². The number of urea groups is 1. The van der Waals surface area contributed by atoms with Crippen LogP contribution in [-0.2, 0) is 0 Å². The molecule has 5 nitrogen and oxygen atoms in total. The summed E-state index contributed by atoms with van der Waals surface area (Å²) in [4.78, 5) is 22.9. The number of Topliss-reactive ketones (excluding diaryl/α,β-unsaturated/α-hetero) is 1. The number of hydrogen-bond acceptors (Lipinski definition) is 3. The monoisotopic (exact) mass is 269 g/mol. The van der Waals surface area contributed by atoms with Gasteiger partial charge in [-0.05, 0) is 25.1 Å². The lowest BCUT2D eigenvalue weighted by Crippen LogP contribution is -2.36. The Balaban J connectivity index is 2.50. The predicted molar refractivity (Wildman–Crippen MR) is 71.9 cm³/mol. The van der Waals surface area contributed by atoms with E-state index in [2.05, 4.69) is 10.6 Å². The summed E-state index contributed by atoms with van der Waals surface area (Å²) in [6.07, 6.45) is 0.182. The van der Waals surface area contributed by atoms with Crippen molar-refractivity contribution >= 4 is 29.1 Å². The molecule has 0 spiro atoms. The van der Waals surface area contributed by atoms with Crippen LogP contribution in [-0.4, -0.2) is 24.9 Å². The first-order chi connectivity index (χ1) is 8.54. The molecule has 0 radical (unpaired) electrons. The minimum atomic E-state index is -0.288. The van der Waals surface area contributed by atoms with E-state index in [0.29, 0.717) is 22.8 Å². The summed E-state index contributed by atoms with van der Waals surface area (Å²) in [7, 11) is 0. The highest BCUT2D eigenvalue weighted by Gasteiger charge is 2.10. The fraction of sp³-hybridized carbons (Fsp3) is 0.333. The van der Waals surface area contributed by atoms with Crippen molar-refractivity contribution in [2.45, 2.75) is 13.3 Å². The molecular weight excluding hydrogens is 254 g/mol. The van der Waals surface area contributed by atoms with Crippen molar-refractivity contribution in [2.75, 3.05) is 18.8 Å². The van der Waals surface area contributed by atoms with E-state index in [9.17, 15) is 9.59 Å². The van der Waals surface area contributed by atoms with Crippen molar-refractivity contribution in [3.63, 3.8) is 0 Å². The summed E-state index contributed by atoms with van der Waals surface area (Å²) in [6.45, 7) is 2.62.